The molecule has 2 fully saturated rings. The van der Waals surface area contributed by atoms with E-state index in [2.05, 4.69) is 26.3 Å². The van der Waals surface area contributed by atoms with Crippen molar-refractivity contribution in [2.75, 3.05) is 51.3 Å². The quantitative estimate of drug-likeness (QED) is 0.199. The third-order valence-electron chi connectivity index (χ3n) is 8.41. The summed E-state index contributed by atoms with van der Waals surface area (Å²) in [5.74, 6) is -2.22. The van der Waals surface area contributed by atoms with E-state index in [9.17, 15) is 9.18 Å². The van der Waals surface area contributed by atoms with E-state index < -0.39 is 23.6 Å². The largest absolute Gasteiger partial charge is 0.462 e. The second kappa shape index (κ2) is 12.3. The van der Waals surface area contributed by atoms with Gasteiger partial charge in [0.05, 0.1) is 5.39 Å². The highest BCUT2D eigenvalue weighted by Gasteiger charge is 2.35. The van der Waals surface area contributed by atoms with Crippen molar-refractivity contribution in [2.45, 2.75) is 24.9 Å². The number of fused-ring (bicyclic) bond motifs is 2. The number of carbonyl (C=O) groups excluding carboxylic acids is 1. The molecular weight excluding hydrogens is 588 g/mol. The van der Waals surface area contributed by atoms with Crippen LogP contribution in [0.15, 0.2) is 55.0 Å². The number of anilines is 1. The van der Waals surface area contributed by atoms with Gasteiger partial charge >= 0.3 is 6.01 Å². The Bertz CT molecular complexity index is 1810. The summed E-state index contributed by atoms with van der Waals surface area (Å²) in [6.45, 7) is 12.3. The van der Waals surface area contributed by atoms with Crippen molar-refractivity contribution in [1.29, 1.82) is 0 Å². The number of aromatic nitrogens is 3. The van der Waals surface area contributed by atoms with Gasteiger partial charge in [-0.15, -0.1) is 0 Å². The third-order valence-corrected chi connectivity index (χ3v) is 8.72. The number of carbonyl (C=O) groups is 1. The predicted molar refractivity (Wildman–Crippen MR) is 166 cm³/mol. The molecule has 0 saturated carbocycles. The molecule has 2 atom stereocenters. The molecule has 226 valence electrons. The minimum absolute atomic E-state index is 0.0113. The molecule has 2 aromatic heterocycles. The molecule has 2 aromatic carbocycles. The number of likely N-dealkylation sites (N-methyl/N-ethyl adjacent to an activating group) is 1. The summed E-state index contributed by atoms with van der Waals surface area (Å²) in [5, 5.41) is 2.34. The maximum atomic E-state index is 16.6. The number of piperazine rings is 1. The third kappa shape index (κ3) is 5.51. The van der Waals surface area contributed by atoms with Gasteiger partial charge in [-0.3, -0.25) is 9.78 Å². The van der Waals surface area contributed by atoms with E-state index in [0.29, 0.717) is 33.8 Å². The van der Waals surface area contributed by atoms with Crippen LogP contribution in [-0.2, 0) is 4.79 Å². The van der Waals surface area contributed by atoms with Gasteiger partial charge in [-0.25, -0.2) is 15.4 Å². The van der Waals surface area contributed by atoms with E-state index in [0.717, 1.165) is 24.8 Å². The van der Waals surface area contributed by atoms with Gasteiger partial charge in [0.1, 0.15) is 29.7 Å². The van der Waals surface area contributed by atoms with Gasteiger partial charge in [0.25, 0.3) is 5.91 Å². The van der Waals surface area contributed by atoms with Crippen molar-refractivity contribution < 1.29 is 18.3 Å². The zero-order valence-electron chi connectivity index (χ0n) is 24.1. The Morgan fingerprint density at radius 2 is 1.98 bits per heavy atom. The fourth-order valence-corrected chi connectivity index (χ4v) is 6.38. The lowest BCUT2D eigenvalue weighted by Crippen LogP contribution is -2.56. The number of amides is 1. The summed E-state index contributed by atoms with van der Waals surface area (Å²) in [7, 11) is 2.03. The molecule has 44 heavy (non-hydrogen) atoms. The van der Waals surface area contributed by atoms with Crippen LogP contribution in [0.4, 0.5) is 14.6 Å². The molecule has 1 amide bonds. The van der Waals surface area contributed by atoms with Crippen LogP contribution in [0.3, 0.4) is 0 Å². The first-order valence-electron chi connectivity index (χ1n) is 14.4. The standard InChI is InChI=1S/C32H30ClF2N7O2/c1-19(34)31(43)42-14-13-41(17-22(42)15-36-2)30-24-16-37-28(23-10-4-7-20-8-5-11-25(33)26(20)23)27(35)29(24)38-32(39-30)44-18-21-9-6-12-40(21)3/h4-5,7-8,10-11,16,21-22H,1,6,9,12-15,17-18H2,3H3/t21-,22-/m0/s1. The topological polar surface area (TPSA) is 79.1 Å². The number of halogens is 3. The summed E-state index contributed by atoms with van der Waals surface area (Å²) in [5.41, 5.74) is 0.639. The Balaban J connectivity index is 1.45. The van der Waals surface area contributed by atoms with Crippen molar-refractivity contribution in [3.8, 4) is 17.3 Å². The molecule has 0 aliphatic carbocycles. The number of hydrogen-bond donors (Lipinski definition) is 0. The summed E-state index contributed by atoms with van der Waals surface area (Å²) in [4.78, 5) is 35.1. The summed E-state index contributed by atoms with van der Waals surface area (Å²) in [6, 6.07) is 10.5. The maximum absolute atomic E-state index is 16.6. The van der Waals surface area contributed by atoms with E-state index in [1.807, 2.05) is 36.2 Å². The molecule has 0 N–H and O–H groups in total. The molecule has 9 nitrogen and oxygen atoms in total. The lowest BCUT2D eigenvalue weighted by molar-refractivity contribution is -0.131. The molecule has 2 aliphatic heterocycles. The lowest BCUT2D eigenvalue weighted by Gasteiger charge is -2.39. The van der Waals surface area contributed by atoms with Crippen molar-refractivity contribution in [2.24, 2.45) is 0 Å². The summed E-state index contributed by atoms with van der Waals surface area (Å²) < 4.78 is 36.4. The fourth-order valence-electron chi connectivity index (χ4n) is 6.10. The van der Waals surface area contributed by atoms with Crippen LogP contribution in [0, 0.1) is 12.4 Å². The summed E-state index contributed by atoms with van der Waals surface area (Å²) >= 11 is 6.56. The highest BCUT2D eigenvalue weighted by Crippen LogP contribution is 2.37. The van der Waals surface area contributed by atoms with Crippen molar-refractivity contribution >= 4 is 45.0 Å². The number of ether oxygens (including phenoxy) is 1. The Kier molecular flexibility index (Phi) is 8.29. The Morgan fingerprint density at radius 1 is 1.18 bits per heavy atom. The number of hydrogen-bond acceptors (Lipinski definition) is 7. The molecule has 12 heteroatoms. The molecule has 0 bridgehead atoms. The van der Waals surface area contributed by atoms with E-state index in [1.54, 1.807) is 12.1 Å². The minimum atomic E-state index is -1.08. The smallest absolute Gasteiger partial charge is 0.319 e. The van der Waals surface area contributed by atoms with Gasteiger partial charge in [-0.1, -0.05) is 48.5 Å². The average Bonchev–Trinajstić information content (AvgIpc) is 3.44. The molecule has 2 aliphatic rings. The van der Waals surface area contributed by atoms with Crippen LogP contribution in [0.5, 0.6) is 6.01 Å². The van der Waals surface area contributed by atoms with Crippen LogP contribution in [0.1, 0.15) is 12.8 Å². The second-order valence-corrected chi connectivity index (χ2v) is 11.5. The number of nitrogens with zero attached hydrogens (tertiary/aromatic N) is 7. The van der Waals surface area contributed by atoms with Crippen LogP contribution >= 0.6 is 11.6 Å². The van der Waals surface area contributed by atoms with E-state index in [4.69, 9.17) is 27.9 Å². The number of rotatable bonds is 7. The van der Waals surface area contributed by atoms with Crippen LogP contribution in [0.2, 0.25) is 5.02 Å². The van der Waals surface area contributed by atoms with Gasteiger partial charge in [-0.05, 0) is 37.9 Å². The maximum Gasteiger partial charge on any atom is 0.319 e. The Labute approximate surface area is 258 Å². The number of likely N-dealkylation sites (tertiary alicyclic amines) is 1. The fraction of sp³-hybridized carbons (Fsp3) is 0.344. The van der Waals surface area contributed by atoms with Crippen LogP contribution in [0.25, 0.3) is 37.8 Å². The van der Waals surface area contributed by atoms with Crippen molar-refractivity contribution in [3.05, 3.63) is 77.3 Å². The SMILES string of the molecule is [C-]#[N+]C[C@H]1CN(c2nc(OC[C@@H]3CCCN3C)nc3c(F)c(-c4cccc5cccc(Cl)c45)ncc23)CCN1C(=O)C(=C)F. The second-order valence-electron chi connectivity index (χ2n) is 11.1. The highest BCUT2D eigenvalue weighted by atomic mass is 35.5. The highest BCUT2D eigenvalue weighted by molar-refractivity contribution is 6.36. The zero-order chi connectivity index (χ0) is 31.0. The first-order chi connectivity index (χ1) is 21.3. The normalized spacial score (nSPS) is 19.0. The Hall–Kier alpha value is -4.40. The van der Waals surface area contributed by atoms with Crippen molar-refractivity contribution in [1.82, 2.24) is 24.8 Å². The molecular formula is C32H30ClF2N7O2. The van der Waals surface area contributed by atoms with Gasteiger partial charge in [0.2, 0.25) is 6.54 Å². The van der Waals surface area contributed by atoms with E-state index in [-0.39, 0.29) is 49.4 Å². The lowest BCUT2D eigenvalue weighted by atomic mass is 10.0. The first kappa shape index (κ1) is 29.7. The first-order valence-corrected chi connectivity index (χ1v) is 14.7. The molecule has 4 aromatic rings. The van der Waals surface area contributed by atoms with Gasteiger partial charge < -0.3 is 24.3 Å². The van der Waals surface area contributed by atoms with E-state index >= 15 is 4.39 Å². The number of pyridine rings is 1. The van der Waals surface area contributed by atoms with Crippen LogP contribution < -0.4 is 9.64 Å². The molecule has 2 saturated heterocycles. The molecule has 0 radical (unpaired) electrons. The minimum Gasteiger partial charge on any atom is -0.462 e. The van der Waals surface area contributed by atoms with Gasteiger partial charge in [0.15, 0.2) is 11.6 Å². The predicted octanol–water partition coefficient (Wildman–Crippen LogP) is 5.53. The zero-order valence-corrected chi connectivity index (χ0v) is 24.9. The van der Waals surface area contributed by atoms with Gasteiger partial charge in [-0.2, -0.15) is 9.97 Å². The Morgan fingerprint density at radius 3 is 2.70 bits per heavy atom. The monoisotopic (exact) mass is 617 g/mol. The molecule has 0 spiro atoms. The molecule has 4 heterocycles. The molecule has 0 unspecified atom stereocenters. The number of benzene rings is 2. The van der Waals surface area contributed by atoms with Gasteiger partial charge in [0, 0.05) is 47.8 Å². The summed E-state index contributed by atoms with van der Waals surface area (Å²) in [6.07, 6.45) is 3.55. The molecule has 6 rings (SSSR count). The van der Waals surface area contributed by atoms with Crippen LogP contribution in [-0.4, -0.2) is 89.1 Å². The van der Waals surface area contributed by atoms with E-state index in [1.165, 1.54) is 11.1 Å². The average molecular weight is 618 g/mol. The van der Waals surface area contributed by atoms with Crippen molar-refractivity contribution in [3.63, 3.8) is 0 Å².